The zero-order chi connectivity index (χ0) is 25.7. The normalized spacial score (nSPS) is 14.4. The van der Waals surface area contributed by atoms with Crippen LogP contribution in [0.2, 0.25) is 10.0 Å². The summed E-state index contributed by atoms with van der Waals surface area (Å²) < 4.78 is 17.1. The van der Waals surface area contributed by atoms with Crippen LogP contribution in [0.5, 0.6) is 17.2 Å². The van der Waals surface area contributed by atoms with E-state index in [1.54, 1.807) is 25.3 Å². The Morgan fingerprint density at radius 1 is 0.944 bits per heavy atom. The van der Waals surface area contributed by atoms with Gasteiger partial charge in [-0.1, -0.05) is 29.3 Å². The van der Waals surface area contributed by atoms with E-state index in [1.165, 1.54) is 7.11 Å². The second kappa shape index (κ2) is 11.9. The minimum absolute atomic E-state index is 0.405. The minimum atomic E-state index is 0.405. The van der Waals surface area contributed by atoms with E-state index in [4.69, 9.17) is 37.4 Å². The molecule has 4 rings (SSSR count). The summed E-state index contributed by atoms with van der Waals surface area (Å²) in [7, 11) is 5.31. The largest absolute Gasteiger partial charge is 0.495 e. The number of benzene rings is 3. The van der Waals surface area contributed by atoms with Crippen molar-refractivity contribution in [3.63, 3.8) is 0 Å². The average Bonchev–Trinajstić information content (AvgIpc) is 2.88. The van der Waals surface area contributed by atoms with Gasteiger partial charge in [-0.2, -0.15) is 5.26 Å². The molecular formula is C27H30Cl2N4O3. The Kier molecular flexibility index (Phi) is 8.65. The van der Waals surface area contributed by atoms with Crippen LogP contribution in [-0.4, -0.2) is 70.4 Å². The molecule has 0 amide bonds. The van der Waals surface area contributed by atoms with Crippen LogP contribution in [0, 0.1) is 11.3 Å². The molecule has 36 heavy (non-hydrogen) atoms. The fraction of sp³-hybridized carbons (Fsp3) is 0.370. The van der Waals surface area contributed by atoms with E-state index >= 15 is 0 Å². The smallest absolute Gasteiger partial charge is 0.161 e. The Morgan fingerprint density at radius 2 is 1.69 bits per heavy atom. The Bertz CT molecular complexity index is 1270. The van der Waals surface area contributed by atoms with Gasteiger partial charge in [-0.3, -0.25) is 0 Å². The first-order valence-electron chi connectivity index (χ1n) is 11.8. The Hall–Kier alpha value is -2.89. The molecule has 3 aromatic rings. The highest BCUT2D eigenvalue weighted by molar-refractivity contribution is 6.37. The van der Waals surface area contributed by atoms with Gasteiger partial charge in [0.1, 0.15) is 11.8 Å². The van der Waals surface area contributed by atoms with Gasteiger partial charge in [-0.05, 0) is 43.1 Å². The zero-order valence-electron chi connectivity index (χ0n) is 20.7. The van der Waals surface area contributed by atoms with Crippen molar-refractivity contribution >= 4 is 45.3 Å². The maximum absolute atomic E-state index is 9.79. The van der Waals surface area contributed by atoms with Crippen LogP contribution in [0.4, 0.5) is 11.4 Å². The summed E-state index contributed by atoms with van der Waals surface area (Å²) in [6.45, 7) is 6.00. The number of nitriles is 1. The first-order chi connectivity index (χ1) is 17.4. The van der Waals surface area contributed by atoms with Gasteiger partial charge >= 0.3 is 0 Å². The SMILES string of the molecule is COc1cc(Nc2c(C#N)ccc3cc(OCCCN4CCN(C)CC4)c(OC)cc23)c(Cl)cc1Cl. The Labute approximate surface area is 222 Å². The molecule has 0 bridgehead atoms. The second-order valence-electron chi connectivity index (χ2n) is 8.76. The number of ether oxygens (including phenoxy) is 3. The predicted molar refractivity (Wildman–Crippen MR) is 146 cm³/mol. The molecule has 7 nitrogen and oxygen atoms in total. The summed E-state index contributed by atoms with van der Waals surface area (Å²) in [6, 6.07) is 13.1. The van der Waals surface area contributed by atoms with Gasteiger partial charge in [0.15, 0.2) is 11.5 Å². The first-order valence-corrected chi connectivity index (χ1v) is 12.6. The highest BCUT2D eigenvalue weighted by Gasteiger charge is 2.17. The molecule has 0 unspecified atom stereocenters. The maximum Gasteiger partial charge on any atom is 0.161 e. The van der Waals surface area contributed by atoms with E-state index in [0.717, 1.165) is 49.9 Å². The number of rotatable bonds is 9. The second-order valence-corrected chi connectivity index (χ2v) is 9.58. The van der Waals surface area contributed by atoms with Crippen LogP contribution in [0.25, 0.3) is 10.8 Å². The number of hydrogen-bond acceptors (Lipinski definition) is 7. The lowest BCUT2D eigenvalue weighted by atomic mass is 10.0. The molecule has 3 aromatic carbocycles. The Balaban J connectivity index is 1.57. The molecule has 1 fully saturated rings. The number of nitrogens with one attached hydrogen (secondary N) is 1. The summed E-state index contributed by atoms with van der Waals surface area (Å²) in [6.07, 6.45) is 0.933. The fourth-order valence-electron chi connectivity index (χ4n) is 4.29. The molecule has 1 N–H and O–H groups in total. The summed E-state index contributed by atoms with van der Waals surface area (Å²) >= 11 is 12.6. The van der Waals surface area contributed by atoms with Crippen LogP contribution in [-0.2, 0) is 0 Å². The topological polar surface area (TPSA) is 70.0 Å². The van der Waals surface area contributed by atoms with E-state index < -0.39 is 0 Å². The van der Waals surface area contributed by atoms with Crippen LogP contribution >= 0.6 is 23.2 Å². The first kappa shape index (κ1) is 26.2. The molecular weight excluding hydrogens is 499 g/mol. The van der Waals surface area contributed by atoms with Crippen molar-refractivity contribution in [2.45, 2.75) is 6.42 Å². The van der Waals surface area contributed by atoms with Crippen molar-refractivity contribution in [2.75, 3.05) is 65.9 Å². The van der Waals surface area contributed by atoms with E-state index in [1.807, 2.05) is 18.2 Å². The number of anilines is 2. The number of fused-ring (bicyclic) bond motifs is 1. The van der Waals surface area contributed by atoms with E-state index in [2.05, 4.69) is 28.2 Å². The number of halogens is 2. The molecule has 0 spiro atoms. The fourth-order valence-corrected chi connectivity index (χ4v) is 4.80. The Morgan fingerprint density at radius 3 is 2.39 bits per heavy atom. The van der Waals surface area contributed by atoms with Gasteiger partial charge < -0.3 is 29.3 Å². The number of nitrogens with zero attached hydrogens (tertiary/aromatic N) is 3. The third kappa shape index (κ3) is 5.91. The summed E-state index contributed by atoms with van der Waals surface area (Å²) in [5.74, 6) is 1.75. The van der Waals surface area contributed by atoms with Gasteiger partial charge in [-0.15, -0.1) is 0 Å². The quantitative estimate of drug-likeness (QED) is 0.352. The minimum Gasteiger partial charge on any atom is -0.495 e. The molecule has 190 valence electrons. The number of likely N-dealkylation sites (N-methyl/N-ethyl adjacent to an activating group) is 1. The molecule has 1 heterocycles. The van der Waals surface area contributed by atoms with Crippen molar-refractivity contribution in [1.82, 2.24) is 9.80 Å². The third-order valence-electron chi connectivity index (χ3n) is 6.40. The van der Waals surface area contributed by atoms with Crippen molar-refractivity contribution in [1.29, 1.82) is 5.26 Å². The molecule has 1 aliphatic rings. The molecule has 9 heteroatoms. The number of methoxy groups -OCH3 is 2. The maximum atomic E-state index is 9.79. The van der Waals surface area contributed by atoms with Gasteiger partial charge in [0.05, 0.1) is 47.8 Å². The highest BCUT2D eigenvalue weighted by atomic mass is 35.5. The van der Waals surface area contributed by atoms with Gasteiger partial charge in [0, 0.05) is 44.2 Å². The summed E-state index contributed by atoms with van der Waals surface area (Å²) in [5, 5.41) is 15.6. The lowest BCUT2D eigenvalue weighted by Crippen LogP contribution is -2.44. The van der Waals surface area contributed by atoms with E-state index in [-0.39, 0.29) is 0 Å². The molecule has 0 radical (unpaired) electrons. The predicted octanol–water partition coefficient (Wildman–Crippen LogP) is 5.80. The lowest BCUT2D eigenvalue weighted by Gasteiger charge is -2.32. The van der Waals surface area contributed by atoms with Crippen LogP contribution in [0.3, 0.4) is 0 Å². The molecule has 0 aliphatic carbocycles. The van der Waals surface area contributed by atoms with Gasteiger partial charge in [0.2, 0.25) is 0 Å². The molecule has 1 aliphatic heterocycles. The summed E-state index contributed by atoms with van der Waals surface area (Å²) in [5.41, 5.74) is 1.65. The van der Waals surface area contributed by atoms with Crippen molar-refractivity contribution in [3.05, 3.63) is 52.0 Å². The van der Waals surface area contributed by atoms with Crippen LogP contribution in [0.1, 0.15) is 12.0 Å². The van der Waals surface area contributed by atoms with E-state index in [9.17, 15) is 5.26 Å². The third-order valence-corrected chi connectivity index (χ3v) is 7.01. The van der Waals surface area contributed by atoms with Crippen molar-refractivity contribution < 1.29 is 14.2 Å². The molecule has 0 aromatic heterocycles. The molecule has 0 saturated carbocycles. The number of hydrogen-bond donors (Lipinski definition) is 1. The monoisotopic (exact) mass is 528 g/mol. The molecule has 1 saturated heterocycles. The lowest BCUT2D eigenvalue weighted by molar-refractivity contribution is 0.145. The van der Waals surface area contributed by atoms with Gasteiger partial charge in [0.25, 0.3) is 0 Å². The molecule has 0 atom stereocenters. The average molecular weight is 529 g/mol. The number of piperazine rings is 1. The van der Waals surface area contributed by atoms with Gasteiger partial charge in [-0.25, -0.2) is 0 Å². The standard InChI is InChI=1S/C27H30Cl2N4O3/c1-32-8-10-33(11-9-32)7-4-12-36-26-13-18-5-6-19(17-30)27(20(18)14-25(26)35-3)31-23-16-24(34-2)22(29)15-21(23)28/h5-6,13-16,31H,4,7-12H2,1-3H3. The van der Waals surface area contributed by atoms with Crippen molar-refractivity contribution in [2.24, 2.45) is 0 Å². The van der Waals surface area contributed by atoms with Crippen molar-refractivity contribution in [3.8, 4) is 23.3 Å². The van der Waals surface area contributed by atoms with Crippen LogP contribution in [0.15, 0.2) is 36.4 Å². The highest BCUT2D eigenvalue weighted by Crippen LogP contribution is 2.41. The zero-order valence-corrected chi connectivity index (χ0v) is 22.2. The summed E-state index contributed by atoms with van der Waals surface area (Å²) in [4.78, 5) is 4.82. The van der Waals surface area contributed by atoms with E-state index in [0.29, 0.717) is 50.8 Å². The van der Waals surface area contributed by atoms with Crippen LogP contribution < -0.4 is 19.5 Å².